The molecule has 1 aliphatic heterocycles. The second-order valence-electron chi connectivity index (χ2n) is 5.17. The van der Waals surface area contributed by atoms with E-state index in [0.717, 1.165) is 11.3 Å². The maximum atomic E-state index is 12.6. The van der Waals surface area contributed by atoms with Gasteiger partial charge in [-0.3, -0.25) is 4.79 Å². The number of amides is 1. The van der Waals surface area contributed by atoms with E-state index >= 15 is 0 Å². The number of carbonyl (C=O) groups is 1. The molecule has 0 radical (unpaired) electrons. The van der Waals surface area contributed by atoms with Crippen molar-refractivity contribution in [2.75, 3.05) is 31.6 Å². The monoisotopic (exact) mass is 278 g/mol. The van der Waals surface area contributed by atoms with Crippen LogP contribution in [0.5, 0.6) is 0 Å². The third kappa shape index (κ3) is 3.11. The number of aliphatic hydroxyl groups is 2. The lowest BCUT2D eigenvalue weighted by Crippen LogP contribution is -2.47. The average molecular weight is 278 g/mol. The van der Waals surface area contributed by atoms with Crippen molar-refractivity contribution in [1.29, 1.82) is 0 Å². The van der Waals surface area contributed by atoms with Crippen molar-refractivity contribution < 1.29 is 15.0 Å². The van der Waals surface area contributed by atoms with Crippen molar-refractivity contribution in [2.45, 2.75) is 19.4 Å². The molecule has 0 saturated carbocycles. The summed E-state index contributed by atoms with van der Waals surface area (Å²) in [6, 6.07) is 8.03. The Kier molecular flexibility index (Phi) is 4.98. The molecular weight excluding hydrogens is 256 g/mol. The minimum atomic E-state index is -0.164. The third-order valence-corrected chi connectivity index (χ3v) is 3.81. The van der Waals surface area contributed by atoms with Crippen molar-refractivity contribution in [3.63, 3.8) is 0 Å². The third-order valence-electron chi connectivity index (χ3n) is 3.81. The first-order valence-corrected chi connectivity index (χ1v) is 7.02. The number of nitrogens with zero attached hydrogens (tertiary/aromatic N) is 1. The second kappa shape index (κ2) is 6.72. The predicted octanol–water partition coefficient (Wildman–Crippen LogP) is 0.472. The molecule has 0 fully saturated rings. The summed E-state index contributed by atoms with van der Waals surface area (Å²) in [6.45, 7) is 2.36. The molecule has 110 valence electrons. The van der Waals surface area contributed by atoms with E-state index in [1.165, 1.54) is 4.90 Å². The van der Waals surface area contributed by atoms with Crippen LogP contribution in [0.3, 0.4) is 0 Å². The number of carbonyl (C=O) groups excluding carboxylic acids is 1. The highest BCUT2D eigenvalue weighted by Gasteiger charge is 2.32. The molecule has 2 rings (SSSR count). The lowest BCUT2D eigenvalue weighted by atomic mass is 9.87. The van der Waals surface area contributed by atoms with Crippen LogP contribution in [0.2, 0.25) is 0 Å². The molecule has 0 aliphatic carbocycles. The Morgan fingerprint density at radius 2 is 1.95 bits per heavy atom. The van der Waals surface area contributed by atoms with Gasteiger partial charge in [0, 0.05) is 24.8 Å². The summed E-state index contributed by atoms with van der Waals surface area (Å²) in [5.41, 5.74) is 2.22. The van der Waals surface area contributed by atoms with Crippen molar-refractivity contribution in [2.24, 2.45) is 5.92 Å². The standard InChI is InChI=1S/C15H22N2O3/c1-11-13(15(20)17(6-8-18)7-9-19)10-12-4-2-3-5-14(12)16-11/h2-5,11,13,16,18-19H,6-10H2,1H3. The minimum Gasteiger partial charge on any atom is -0.395 e. The summed E-state index contributed by atoms with van der Waals surface area (Å²) >= 11 is 0. The summed E-state index contributed by atoms with van der Waals surface area (Å²) in [6.07, 6.45) is 0.691. The van der Waals surface area contributed by atoms with Gasteiger partial charge in [-0.15, -0.1) is 0 Å². The summed E-state index contributed by atoms with van der Waals surface area (Å²) in [5.74, 6) is -0.175. The van der Waals surface area contributed by atoms with Gasteiger partial charge in [-0.05, 0) is 25.0 Å². The van der Waals surface area contributed by atoms with E-state index in [1.54, 1.807) is 0 Å². The number of benzene rings is 1. The van der Waals surface area contributed by atoms with E-state index in [2.05, 4.69) is 5.32 Å². The first kappa shape index (κ1) is 14.8. The zero-order valence-corrected chi connectivity index (χ0v) is 11.7. The highest BCUT2D eigenvalue weighted by Crippen LogP contribution is 2.29. The van der Waals surface area contributed by atoms with Gasteiger partial charge in [0.15, 0.2) is 0 Å². The normalized spacial score (nSPS) is 20.9. The van der Waals surface area contributed by atoms with Crippen LogP contribution >= 0.6 is 0 Å². The highest BCUT2D eigenvalue weighted by molar-refractivity contribution is 5.81. The molecule has 0 saturated heterocycles. The summed E-state index contributed by atoms with van der Waals surface area (Å²) < 4.78 is 0. The number of anilines is 1. The Bertz CT molecular complexity index is 458. The van der Waals surface area contributed by atoms with Crippen molar-refractivity contribution in [1.82, 2.24) is 4.90 Å². The van der Waals surface area contributed by atoms with Crippen LogP contribution < -0.4 is 5.32 Å². The Balaban J connectivity index is 2.14. The molecule has 2 atom stereocenters. The topological polar surface area (TPSA) is 72.8 Å². The summed E-state index contributed by atoms with van der Waals surface area (Å²) in [4.78, 5) is 14.1. The van der Waals surface area contributed by atoms with Gasteiger partial charge in [0.2, 0.25) is 5.91 Å². The van der Waals surface area contributed by atoms with Crippen LogP contribution in [0.1, 0.15) is 12.5 Å². The molecule has 2 unspecified atom stereocenters. The average Bonchev–Trinajstić information content (AvgIpc) is 2.45. The van der Waals surface area contributed by atoms with E-state index in [-0.39, 0.29) is 44.2 Å². The van der Waals surface area contributed by atoms with Crippen molar-refractivity contribution in [3.8, 4) is 0 Å². The van der Waals surface area contributed by atoms with Crippen LogP contribution in [-0.4, -0.2) is 53.4 Å². The summed E-state index contributed by atoms with van der Waals surface area (Å²) in [5, 5.41) is 21.4. The quantitative estimate of drug-likeness (QED) is 0.732. The van der Waals surface area contributed by atoms with Gasteiger partial charge in [0.05, 0.1) is 19.1 Å². The highest BCUT2D eigenvalue weighted by atomic mass is 16.3. The molecule has 3 N–H and O–H groups in total. The smallest absolute Gasteiger partial charge is 0.228 e. The van der Waals surface area contributed by atoms with Gasteiger partial charge in [-0.2, -0.15) is 0 Å². The molecule has 1 amide bonds. The van der Waals surface area contributed by atoms with Gasteiger partial charge in [0.1, 0.15) is 0 Å². The lowest BCUT2D eigenvalue weighted by molar-refractivity contribution is -0.137. The van der Waals surface area contributed by atoms with Crippen LogP contribution in [-0.2, 0) is 11.2 Å². The zero-order valence-electron chi connectivity index (χ0n) is 11.7. The van der Waals surface area contributed by atoms with E-state index in [0.29, 0.717) is 6.42 Å². The Morgan fingerprint density at radius 1 is 1.30 bits per heavy atom. The number of aliphatic hydroxyl groups excluding tert-OH is 2. The zero-order chi connectivity index (χ0) is 14.5. The number of rotatable bonds is 5. The lowest BCUT2D eigenvalue weighted by Gasteiger charge is -2.35. The van der Waals surface area contributed by atoms with Crippen LogP contribution in [0.15, 0.2) is 24.3 Å². The first-order chi connectivity index (χ1) is 9.67. The van der Waals surface area contributed by atoms with Gasteiger partial charge < -0.3 is 20.4 Å². The van der Waals surface area contributed by atoms with Crippen LogP contribution in [0.4, 0.5) is 5.69 Å². The largest absolute Gasteiger partial charge is 0.395 e. The number of para-hydroxylation sites is 1. The first-order valence-electron chi connectivity index (χ1n) is 7.02. The molecule has 0 bridgehead atoms. The molecule has 1 aromatic carbocycles. The number of hydrogen-bond donors (Lipinski definition) is 3. The molecule has 1 aliphatic rings. The molecular formula is C15H22N2O3. The van der Waals surface area contributed by atoms with Crippen LogP contribution in [0, 0.1) is 5.92 Å². The fourth-order valence-electron chi connectivity index (χ4n) is 2.71. The van der Waals surface area contributed by atoms with E-state index in [9.17, 15) is 4.79 Å². The molecule has 20 heavy (non-hydrogen) atoms. The summed E-state index contributed by atoms with van der Waals surface area (Å²) in [7, 11) is 0. The molecule has 5 nitrogen and oxygen atoms in total. The molecule has 1 aromatic rings. The second-order valence-corrected chi connectivity index (χ2v) is 5.17. The SMILES string of the molecule is CC1Nc2ccccc2CC1C(=O)N(CCO)CCO. The van der Waals surface area contributed by atoms with Gasteiger partial charge >= 0.3 is 0 Å². The number of hydrogen-bond acceptors (Lipinski definition) is 4. The molecule has 0 spiro atoms. The van der Waals surface area contributed by atoms with Gasteiger partial charge in [0.25, 0.3) is 0 Å². The van der Waals surface area contributed by atoms with E-state index in [1.807, 2.05) is 31.2 Å². The Hall–Kier alpha value is -1.59. The van der Waals surface area contributed by atoms with Crippen LogP contribution in [0.25, 0.3) is 0 Å². The number of fused-ring (bicyclic) bond motifs is 1. The van der Waals surface area contributed by atoms with E-state index in [4.69, 9.17) is 10.2 Å². The molecule has 5 heteroatoms. The Labute approximate surface area is 119 Å². The maximum Gasteiger partial charge on any atom is 0.228 e. The Morgan fingerprint density at radius 3 is 2.60 bits per heavy atom. The van der Waals surface area contributed by atoms with Crippen molar-refractivity contribution in [3.05, 3.63) is 29.8 Å². The van der Waals surface area contributed by atoms with Crippen molar-refractivity contribution >= 4 is 11.6 Å². The fourth-order valence-corrected chi connectivity index (χ4v) is 2.71. The van der Waals surface area contributed by atoms with Gasteiger partial charge in [-0.25, -0.2) is 0 Å². The number of nitrogens with one attached hydrogen (secondary N) is 1. The van der Waals surface area contributed by atoms with E-state index < -0.39 is 0 Å². The maximum absolute atomic E-state index is 12.6. The minimum absolute atomic E-state index is 0.0115. The fraction of sp³-hybridized carbons (Fsp3) is 0.533. The molecule has 1 heterocycles. The molecule has 0 aromatic heterocycles. The van der Waals surface area contributed by atoms with Gasteiger partial charge in [-0.1, -0.05) is 18.2 Å². The predicted molar refractivity (Wildman–Crippen MR) is 77.5 cm³/mol.